The third-order valence-electron chi connectivity index (χ3n) is 1.31. The molecule has 1 rings (SSSR count). The van der Waals surface area contributed by atoms with E-state index in [9.17, 15) is 0 Å². The average Bonchev–Trinajstić information content (AvgIpc) is 1.65. The van der Waals surface area contributed by atoms with Crippen LogP contribution in [0.2, 0.25) is 27.1 Å². The molecule has 0 atom stereocenters. The second kappa shape index (κ2) is 3.25. The second-order valence-electron chi connectivity index (χ2n) is 2.17. The Balaban J connectivity index is 2.33. The normalized spacial score (nSPS) is 31.8. The van der Waals surface area contributed by atoms with Crippen molar-refractivity contribution in [3.63, 3.8) is 0 Å². The van der Waals surface area contributed by atoms with Crippen molar-refractivity contribution in [1.29, 1.82) is 0 Å². The molecule has 0 aromatic carbocycles. The number of hydrogen-bond acceptors (Lipinski definition) is 0. The van der Waals surface area contributed by atoms with Crippen LogP contribution in [0.25, 0.3) is 0 Å². The van der Waals surface area contributed by atoms with Crippen LogP contribution in [0.5, 0.6) is 0 Å². The minimum atomic E-state index is -0.764. The van der Waals surface area contributed by atoms with Crippen LogP contribution in [0.3, 0.4) is 0 Å². The third-order valence-corrected chi connectivity index (χ3v) is 15.0. The molecule has 0 aliphatic carbocycles. The Kier molecular flexibility index (Phi) is 3.19. The van der Waals surface area contributed by atoms with E-state index in [1.54, 1.807) is 21.3 Å². The summed E-state index contributed by atoms with van der Waals surface area (Å²) in [6.07, 6.45) is 0. The maximum atomic E-state index is 2.76. The maximum absolute atomic E-state index is 2.76. The molecule has 0 saturated carbocycles. The van der Waals surface area contributed by atoms with Crippen molar-refractivity contribution in [2.24, 2.45) is 0 Å². The van der Waals surface area contributed by atoms with Gasteiger partial charge < -0.3 is 0 Å². The zero-order chi connectivity index (χ0) is 6.04. The number of rotatable bonds is 0. The van der Waals surface area contributed by atoms with E-state index in [1.165, 1.54) is 0 Å². The molecule has 0 N–H and O–H groups in total. The Bertz CT molecular complexity index is 74.5. The molecule has 1 aliphatic rings. The Morgan fingerprint density at radius 2 is 1.88 bits per heavy atom. The predicted molar refractivity (Wildman–Crippen MR) is 50.6 cm³/mol. The average molecular weight is 356 g/mol. The van der Waals surface area contributed by atoms with E-state index in [2.05, 4.69) is 26.2 Å². The summed E-state index contributed by atoms with van der Waals surface area (Å²) in [5.41, 5.74) is 0. The van der Waals surface area contributed by atoms with Gasteiger partial charge in [-0.25, -0.2) is 0 Å². The van der Waals surface area contributed by atoms with Gasteiger partial charge in [0.2, 0.25) is 0 Å². The van der Waals surface area contributed by atoms with Gasteiger partial charge in [0.15, 0.2) is 0 Å². The van der Waals surface area contributed by atoms with E-state index in [4.69, 9.17) is 0 Å². The molecule has 1 heterocycles. The van der Waals surface area contributed by atoms with Crippen LogP contribution >= 0.6 is 20.3 Å². The van der Waals surface area contributed by atoms with Gasteiger partial charge in [-0.3, -0.25) is 0 Å². The van der Waals surface area contributed by atoms with Gasteiger partial charge in [0.25, 0.3) is 0 Å². The fourth-order valence-corrected chi connectivity index (χ4v) is 23.3. The molecule has 1 aliphatic heterocycles. The zero-order valence-corrected chi connectivity index (χ0v) is 10.6. The van der Waals surface area contributed by atoms with Gasteiger partial charge in [-0.05, 0) is 0 Å². The summed E-state index contributed by atoms with van der Waals surface area (Å²) in [6.45, 7) is 0. The van der Waals surface area contributed by atoms with E-state index in [1.807, 2.05) is 0 Å². The molecule has 0 aromatic heterocycles. The van der Waals surface area contributed by atoms with E-state index < -0.39 is 9.60 Å². The standard InChI is InChI=1S/C5H11ISe2/c1-8(6)4-2-7-3-5-8/h2-5H2,1H3. The molecule has 3 heteroatoms. The first-order valence-corrected chi connectivity index (χ1v) is 14.5. The van der Waals surface area contributed by atoms with Crippen molar-refractivity contribution in [3.8, 4) is 0 Å². The van der Waals surface area contributed by atoms with Gasteiger partial charge in [0.05, 0.1) is 0 Å². The van der Waals surface area contributed by atoms with Gasteiger partial charge in [-0.1, -0.05) is 0 Å². The second-order valence-corrected chi connectivity index (χ2v) is 22.3. The van der Waals surface area contributed by atoms with Crippen LogP contribution in [0, 0.1) is 0 Å². The van der Waals surface area contributed by atoms with E-state index >= 15 is 0 Å². The van der Waals surface area contributed by atoms with Gasteiger partial charge in [0, 0.05) is 0 Å². The zero-order valence-electron chi connectivity index (χ0n) is 5.02. The van der Waals surface area contributed by atoms with Gasteiger partial charge in [-0.15, -0.1) is 0 Å². The van der Waals surface area contributed by atoms with Crippen LogP contribution in [0.4, 0.5) is 0 Å². The van der Waals surface area contributed by atoms with E-state index in [-0.39, 0.29) is 0 Å². The minimum absolute atomic E-state index is 0.764. The van der Waals surface area contributed by atoms with Crippen LogP contribution in [-0.2, 0) is 0 Å². The molecular formula is C5H11ISe2. The molecular weight excluding hydrogens is 345 g/mol. The van der Waals surface area contributed by atoms with Crippen LogP contribution in [-0.4, -0.2) is 24.6 Å². The molecule has 1 fully saturated rings. The van der Waals surface area contributed by atoms with E-state index in [0.29, 0.717) is 0 Å². The summed E-state index contributed by atoms with van der Waals surface area (Å²) in [5.74, 6) is 2.53. The quantitative estimate of drug-likeness (QED) is 0.463. The Morgan fingerprint density at radius 3 is 2.12 bits per heavy atom. The predicted octanol–water partition coefficient (Wildman–Crippen LogP) is 2.55. The molecule has 0 nitrogen and oxygen atoms in total. The number of hydrogen-bond donors (Lipinski definition) is 0. The first-order chi connectivity index (χ1) is 3.71. The SMILES string of the molecule is C[Se]1(I)CC[Se]CC1. The first-order valence-electron chi connectivity index (χ1n) is 2.72. The summed E-state index contributed by atoms with van der Waals surface area (Å²) in [5, 5.41) is 6.42. The Labute approximate surface area is 71.3 Å². The number of halogens is 1. The molecule has 50 valence electrons. The molecule has 0 radical (unpaired) electrons. The van der Waals surface area contributed by atoms with Crippen molar-refractivity contribution in [1.82, 2.24) is 0 Å². The van der Waals surface area contributed by atoms with Gasteiger partial charge in [-0.2, -0.15) is 0 Å². The van der Waals surface area contributed by atoms with Crippen LogP contribution < -0.4 is 0 Å². The van der Waals surface area contributed by atoms with E-state index in [0.717, 1.165) is 15.0 Å². The van der Waals surface area contributed by atoms with Gasteiger partial charge >= 0.3 is 72.0 Å². The fourth-order valence-electron chi connectivity index (χ4n) is 0.669. The Hall–Kier alpha value is 1.77. The molecule has 0 amide bonds. The van der Waals surface area contributed by atoms with Gasteiger partial charge in [0.1, 0.15) is 0 Å². The third kappa shape index (κ3) is 2.57. The molecule has 0 spiro atoms. The summed E-state index contributed by atoms with van der Waals surface area (Å²) in [7, 11) is -0.764. The van der Waals surface area contributed by atoms with Crippen molar-refractivity contribution in [3.05, 3.63) is 0 Å². The molecule has 8 heavy (non-hydrogen) atoms. The molecule has 1 saturated heterocycles. The summed E-state index contributed by atoms with van der Waals surface area (Å²) < 4.78 is 0. The summed E-state index contributed by atoms with van der Waals surface area (Å²) >= 11 is 3.80. The summed E-state index contributed by atoms with van der Waals surface area (Å²) in [4.78, 5) is 0. The van der Waals surface area contributed by atoms with Crippen molar-refractivity contribution in [2.45, 2.75) is 27.1 Å². The molecule has 0 bridgehead atoms. The van der Waals surface area contributed by atoms with Crippen molar-refractivity contribution >= 4 is 44.9 Å². The fraction of sp³-hybridized carbons (Fsp3) is 1.00. The topological polar surface area (TPSA) is 0 Å². The molecule has 0 unspecified atom stereocenters. The molecule has 0 aromatic rings. The Morgan fingerprint density at radius 1 is 1.38 bits per heavy atom. The van der Waals surface area contributed by atoms with Crippen LogP contribution in [0.15, 0.2) is 0 Å². The first kappa shape index (κ1) is 7.87. The monoisotopic (exact) mass is 358 g/mol. The van der Waals surface area contributed by atoms with Crippen LogP contribution in [0.1, 0.15) is 0 Å². The van der Waals surface area contributed by atoms with Crippen molar-refractivity contribution < 1.29 is 0 Å². The van der Waals surface area contributed by atoms with Crippen molar-refractivity contribution in [2.75, 3.05) is 0 Å². The summed E-state index contributed by atoms with van der Waals surface area (Å²) in [6, 6.07) is 0.